The second kappa shape index (κ2) is 8.27. The van der Waals surface area contributed by atoms with Gasteiger partial charge in [-0.15, -0.1) is 5.10 Å². The van der Waals surface area contributed by atoms with Gasteiger partial charge in [0.1, 0.15) is 5.82 Å². The molecule has 5 aromatic rings. The van der Waals surface area contributed by atoms with Crippen molar-refractivity contribution < 1.29 is 9.18 Å². The summed E-state index contributed by atoms with van der Waals surface area (Å²) in [6, 6.07) is 17.1. The summed E-state index contributed by atoms with van der Waals surface area (Å²) < 4.78 is 16.6. The van der Waals surface area contributed by atoms with Crippen molar-refractivity contribution in [2.75, 3.05) is 0 Å². The SMILES string of the molecule is Cc1ccc2c(c1)n(Cc1cccc(F)c1)c(=O)c1nc(C(=O)NCc3ccccn3)nn12. The van der Waals surface area contributed by atoms with Crippen LogP contribution < -0.4 is 10.9 Å². The quantitative estimate of drug-likeness (QED) is 0.452. The fourth-order valence-corrected chi connectivity index (χ4v) is 3.70. The third kappa shape index (κ3) is 3.96. The molecule has 0 aliphatic heterocycles. The minimum atomic E-state index is -0.513. The number of halogens is 1. The molecule has 0 fully saturated rings. The molecule has 0 radical (unpaired) electrons. The van der Waals surface area contributed by atoms with Crippen LogP contribution in [-0.4, -0.2) is 30.1 Å². The lowest BCUT2D eigenvalue weighted by Gasteiger charge is -2.12. The normalized spacial score (nSPS) is 11.2. The standard InChI is InChI=1S/C24H19FN6O2/c1-15-8-9-19-20(11-15)30(14-16-5-4-6-17(25)12-16)24(33)22-28-21(29-31(19)22)23(32)27-13-18-7-2-3-10-26-18/h2-12H,13-14H2,1H3,(H,27,32). The first-order valence-corrected chi connectivity index (χ1v) is 10.3. The molecule has 2 aromatic carbocycles. The number of pyridine rings is 1. The van der Waals surface area contributed by atoms with Gasteiger partial charge in [-0.25, -0.2) is 8.91 Å². The van der Waals surface area contributed by atoms with Gasteiger partial charge in [-0.3, -0.25) is 19.1 Å². The minimum Gasteiger partial charge on any atom is -0.344 e. The van der Waals surface area contributed by atoms with Crippen molar-refractivity contribution in [2.45, 2.75) is 20.0 Å². The number of nitrogens with one attached hydrogen (secondary N) is 1. The Morgan fingerprint density at radius 2 is 1.94 bits per heavy atom. The van der Waals surface area contributed by atoms with Gasteiger partial charge in [0, 0.05) is 6.20 Å². The van der Waals surface area contributed by atoms with Crippen molar-refractivity contribution >= 4 is 22.6 Å². The molecule has 0 unspecified atom stereocenters. The number of hydrogen-bond donors (Lipinski definition) is 1. The van der Waals surface area contributed by atoms with E-state index in [1.165, 1.54) is 21.2 Å². The Balaban J connectivity index is 1.59. The van der Waals surface area contributed by atoms with Crippen LogP contribution in [0.4, 0.5) is 4.39 Å². The van der Waals surface area contributed by atoms with E-state index in [1.54, 1.807) is 30.5 Å². The number of carbonyl (C=O) groups excluding carboxylic acids is 1. The van der Waals surface area contributed by atoms with Crippen LogP contribution in [0, 0.1) is 12.7 Å². The number of carbonyl (C=O) groups is 1. The Labute approximate surface area is 187 Å². The highest BCUT2D eigenvalue weighted by atomic mass is 19.1. The van der Waals surface area contributed by atoms with Gasteiger partial charge in [0.2, 0.25) is 11.5 Å². The third-order valence-electron chi connectivity index (χ3n) is 5.28. The second-order valence-electron chi connectivity index (χ2n) is 7.69. The summed E-state index contributed by atoms with van der Waals surface area (Å²) in [5.41, 5.74) is 3.09. The molecule has 3 heterocycles. The molecule has 1 N–H and O–H groups in total. The van der Waals surface area contributed by atoms with Crippen molar-refractivity contribution in [3.63, 3.8) is 0 Å². The maximum Gasteiger partial charge on any atom is 0.296 e. The lowest BCUT2D eigenvalue weighted by atomic mass is 10.2. The first-order valence-electron chi connectivity index (χ1n) is 10.3. The maximum atomic E-state index is 13.7. The summed E-state index contributed by atoms with van der Waals surface area (Å²) in [5.74, 6) is -1.01. The molecule has 3 aromatic heterocycles. The van der Waals surface area contributed by atoms with Crippen LogP contribution >= 0.6 is 0 Å². The van der Waals surface area contributed by atoms with E-state index in [9.17, 15) is 14.0 Å². The Morgan fingerprint density at radius 1 is 1.06 bits per heavy atom. The van der Waals surface area contributed by atoms with Crippen molar-refractivity contribution in [3.8, 4) is 0 Å². The first-order chi connectivity index (χ1) is 16.0. The van der Waals surface area contributed by atoms with E-state index in [-0.39, 0.29) is 30.4 Å². The molecule has 0 atom stereocenters. The predicted octanol–water partition coefficient (Wildman–Crippen LogP) is 2.87. The van der Waals surface area contributed by atoms with E-state index in [1.807, 2.05) is 31.2 Å². The van der Waals surface area contributed by atoms with E-state index in [4.69, 9.17) is 0 Å². The van der Waals surface area contributed by atoms with Crippen LogP contribution in [-0.2, 0) is 13.1 Å². The summed E-state index contributed by atoms with van der Waals surface area (Å²) in [4.78, 5) is 34.4. The number of nitrogens with zero attached hydrogens (tertiary/aromatic N) is 5. The van der Waals surface area contributed by atoms with E-state index >= 15 is 0 Å². The lowest BCUT2D eigenvalue weighted by Crippen LogP contribution is -2.24. The Morgan fingerprint density at radius 3 is 2.73 bits per heavy atom. The summed E-state index contributed by atoms with van der Waals surface area (Å²) in [5, 5.41) is 7.03. The molecule has 0 spiro atoms. The number of benzene rings is 2. The largest absolute Gasteiger partial charge is 0.344 e. The average Bonchev–Trinajstić information content (AvgIpc) is 3.27. The molecule has 0 saturated carbocycles. The summed E-state index contributed by atoms with van der Waals surface area (Å²) >= 11 is 0. The molecule has 0 aliphatic rings. The Kier molecular flexibility index (Phi) is 5.14. The second-order valence-corrected chi connectivity index (χ2v) is 7.69. The molecular weight excluding hydrogens is 423 g/mol. The molecule has 0 aliphatic carbocycles. The maximum absolute atomic E-state index is 13.7. The van der Waals surface area contributed by atoms with E-state index in [0.717, 1.165) is 5.56 Å². The fraction of sp³-hybridized carbons (Fsp3) is 0.125. The van der Waals surface area contributed by atoms with Gasteiger partial charge >= 0.3 is 0 Å². The summed E-state index contributed by atoms with van der Waals surface area (Å²) in [7, 11) is 0. The molecule has 0 bridgehead atoms. The van der Waals surface area contributed by atoms with Crippen molar-refractivity contribution in [1.29, 1.82) is 0 Å². The highest BCUT2D eigenvalue weighted by Crippen LogP contribution is 2.17. The van der Waals surface area contributed by atoms with Gasteiger partial charge in [-0.1, -0.05) is 24.3 Å². The van der Waals surface area contributed by atoms with E-state index < -0.39 is 11.5 Å². The highest BCUT2D eigenvalue weighted by molar-refractivity contribution is 5.91. The van der Waals surface area contributed by atoms with Crippen molar-refractivity contribution in [2.24, 2.45) is 0 Å². The van der Waals surface area contributed by atoms with Gasteiger partial charge in [-0.05, 0) is 54.4 Å². The number of amides is 1. The fourth-order valence-electron chi connectivity index (χ4n) is 3.70. The van der Waals surface area contributed by atoms with Gasteiger partial charge in [0.15, 0.2) is 0 Å². The molecule has 33 heavy (non-hydrogen) atoms. The Bertz CT molecular complexity index is 1560. The number of aryl methyl sites for hydroxylation is 1. The topological polar surface area (TPSA) is 94.2 Å². The summed E-state index contributed by atoms with van der Waals surface area (Å²) in [6.07, 6.45) is 1.64. The zero-order chi connectivity index (χ0) is 22.9. The molecule has 5 rings (SSSR count). The summed E-state index contributed by atoms with van der Waals surface area (Å²) in [6.45, 7) is 2.28. The zero-order valence-electron chi connectivity index (χ0n) is 17.7. The highest BCUT2D eigenvalue weighted by Gasteiger charge is 2.19. The van der Waals surface area contributed by atoms with Crippen LogP contribution in [0.15, 0.2) is 71.7 Å². The monoisotopic (exact) mass is 442 g/mol. The van der Waals surface area contributed by atoms with E-state index in [2.05, 4.69) is 20.4 Å². The number of fused-ring (bicyclic) bond motifs is 3. The molecule has 9 heteroatoms. The van der Waals surface area contributed by atoms with Crippen molar-refractivity contribution in [1.82, 2.24) is 29.5 Å². The predicted molar refractivity (Wildman–Crippen MR) is 120 cm³/mol. The van der Waals surface area contributed by atoms with Crippen LogP contribution in [0.3, 0.4) is 0 Å². The third-order valence-corrected chi connectivity index (χ3v) is 5.28. The molecule has 164 valence electrons. The van der Waals surface area contributed by atoms with Crippen LogP contribution in [0.25, 0.3) is 16.7 Å². The minimum absolute atomic E-state index is 0.0192. The van der Waals surface area contributed by atoms with Crippen molar-refractivity contribution in [3.05, 3.63) is 106 Å². The zero-order valence-corrected chi connectivity index (χ0v) is 17.7. The first kappa shape index (κ1) is 20.5. The van der Waals surface area contributed by atoms with Crippen LogP contribution in [0.1, 0.15) is 27.4 Å². The Hall–Kier alpha value is -4.40. The van der Waals surface area contributed by atoms with E-state index in [0.29, 0.717) is 22.3 Å². The number of rotatable bonds is 5. The van der Waals surface area contributed by atoms with Crippen LogP contribution in [0.5, 0.6) is 0 Å². The van der Waals surface area contributed by atoms with Gasteiger partial charge in [0.05, 0.1) is 29.8 Å². The van der Waals surface area contributed by atoms with Crippen LogP contribution in [0.2, 0.25) is 0 Å². The molecule has 1 amide bonds. The smallest absolute Gasteiger partial charge is 0.296 e. The van der Waals surface area contributed by atoms with Gasteiger partial charge in [0.25, 0.3) is 11.5 Å². The molecule has 8 nitrogen and oxygen atoms in total. The number of aromatic nitrogens is 5. The molecular formula is C24H19FN6O2. The lowest BCUT2D eigenvalue weighted by molar-refractivity contribution is 0.0940. The average molecular weight is 442 g/mol. The molecule has 0 saturated heterocycles. The number of hydrogen-bond acceptors (Lipinski definition) is 5. The van der Waals surface area contributed by atoms with Gasteiger partial charge in [-0.2, -0.15) is 4.98 Å². The van der Waals surface area contributed by atoms with Gasteiger partial charge < -0.3 is 5.32 Å².